The fourth-order valence-electron chi connectivity index (χ4n) is 4.80. The average Bonchev–Trinajstić information content (AvgIpc) is 3.13. The number of carboxylic acids is 2. The summed E-state index contributed by atoms with van der Waals surface area (Å²) in [5, 5.41) is 42.9. The second kappa shape index (κ2) is 20.6. The van der Waals surface area contributed by atoms with Crippen LogP contribution in [0.15, 0.2) is 182 Å². The molecule has 1 radical (unpaired) electrons. The second-order valence-electron chi connectivity index (χ2n) is 10.3. The third kappa shape index (κ3) is 11.7. The number of benzene rings is 6. The number of carboxylic acid groups (broad SMARTS) is 2. The molecule has 0 aliphatic rings. The molecule has 0 aliphatic heterocycles. The maximum absolute atomic E-state index is 9.25. The van der Waals surface area contributed by atoms with E-state index in [1.54, 1.807) is 0 Å². The van der Waals surface area contributed by atoms with Gasteiger partial charge in [-0.05, 0) is 45.7 Å². The van der Waals surface area contributed by atoms with Gasteiger partial charge in [0.1, 0.15) is 0 Å². The Hall–Kier alpha value is -4.76. The van der Waals surface area contributed by atoms with Gasteiger partial charge in [-0.15, -0.1) is 0 Å². The molecule has 6 rings (SSSR count). The monoisotopic (exact) mass is 735 g/mol. The van der Waals surface area contributed by atoms with Gasteiger partial charge in [0.15, 0.2) is 0 Å². The largest absolute Gasteiger partial charge is 2.00 e. The molecule has 0 aliphatic carbocycles. The van der Waals surface area contributed by atoms with Crippen molar-refractivity contribution in [1.82, 2.24) is 0 Å². The molecule has 2 N–H and O–H groups in total. The molecule has 0 aromatic heterocycles. The summed E-state index contributed by atoms with van der Waals surface area (Å²) < 4.78 is 0. The summed E-state index contributed by atoms with van der Waals surface area (Å²) in [5.41, 5.74) is 0. The maximum atomic E-state index is 9.25. The number of nitrogens with one attached hydrogen (secondary N) is 2. The molecule has 0 saturated heterocycles. The minimum Gasteiger partial charge on any atom is -0.550 e. The van der Waals surface area contributed by atoms with Gasteiger partial charge in [0.05, 0.1) is 14.1 Å². The van der Waals surface area contributed by atoms with Gasteiger partial charge in [-0.2, -0.15) is 0 Å². The Morgan fingerprint density at radius 1 is 0.367 bits per heavy atom. The van der Waals surface area contributed by atoms with Crippen LogP contribution in [0.1, 0.15) is 13.8 Å². The van der Waals surface area contributed by atoms with E-state index >= 15 is 0 Å². The van der Waals surface area contributed by atoms with Crippen molar-refractivity contribution >= 4 is 57.9 Å². The van der Waals surface area contributed by atoms with Gasteiger partial charge in [0.2, 0.25) is 0 Å². The summed E-state index contributed by atoms with van der Waals surface area (Å²) in [6, 6.07) is 61.1. The third-order valence-corrected chi connectivity index (χ3v) is 13.3. The van der Waals surface area contributed by atoms with Crippen molar-refractivity contribution in [3.8, 4) is 0 Å². The molecule has 9 heteroatoms. The van der Waals surface area contributed by atoms with E-state index in [0.717, 1.165) is 45.7 Å². The van der Waals surface area contributed by atoms with Gasteiger partial charge in [0, 0.05) is 11.9 Å². The van der Waals surface area contributed by atoms with Gasteiger partial charge in [-0.1, -0.05) is 182 Å². The van der Waals surface area contributed by atoms with Crippen LogP contribution in [-0.4, -0.2) is 11.9 Å². The normalized spacial score (nSPS) is 10.2. The first-order valence-corrected chi connectivity index (χ1v) is 18.6. The van der Waals surface area contributed by atoms with E-state index < -0.39 is 26.0 Å². The van der Waals surface area contributed by atoms with Crippen molar-refractivity contribution in [1.29, 1.82) is 10.3 Å². The Morgan fingerprint density at radius 3 is 0.571 bits per heavy atom. The Kier molecular flexibility index (Phi) is 17.0. The minimum atomic E-state index is -2.28. The van der Waals surface area contributed by atoms with E-state index in [9.17, 15) is 10.3 Å². The smallest absolute Gasteiger partial charge is 0.550 e. The topological polar surface area (TPSA) is 128 Å². The zero-order chi connectivity index (χ0) is 34.8. The first kappa shape index (κ1) is 40.4. The van der Waals surface area contributed by atoms with Crippen molar-refractivity contribution in [2.45, 2.75) is 13.8 Å². The number of rotatable bonds is 6. The molecule has 253 valence electrons. The maximum Gasteiger partial charge on any atom is 2.00 e. The molecule has 6 aromatic carbocycles. The molecule has 0 heterocycles. The number of hydrogen-bond acceptors (Lipinski definition) is 6. The predicted octanol–water partition coefficient (Wildman–Crippen LogP) is 5.00. The van der Waals surface area contributed by atoms with Crippen molar-refractivity contribution in [3.63, 3.8) is 0 Å². The summed E-state index contributed by atoms with van der Waals surface area (Å²) in [4.78, 5) is 17.8. The number of carbonyl (C=O) groups is 2. The van der Waals surface area contributed by atoms with Crippen LogP contribution >= 0.6 is 14.1 Å². The first-order chi connectivity index (χ1) is 23.1. The van der Waals surface area contributed by atoms with E-state index in [2.05, 4.69) is 72.8 Å². The van der Waals surface area contributed by atoms with Crippen LogP contribution in [0.4, 0.5) is 0 Å². The van der Waals surface area contributed by atoms with Crippen LogP contribution in [0, 0.1) is 10.3 Å². The molecule has 0 unspecified atom stereocenters. The van der Waals surface area contributed by atoms with Gasteiger partial charge >= 0.3 is 17.1 Å². The van der Waals surface area contributed by atoms with Crippen molar-refractivity contribution < 1.29 is 36.9 Å². The van der Waals surface area contributed by atoms with Gasteiger partial charge < -0.3 is 30.1 Å². The zero-order valence-corrected chi connectivity index (χ0v) is 29.9. The van der Waals surface area contributed by atoms with Crippen LogP contribution < -0.4 is 42.0 Å². The Bertz CT molecular complexity index is 1570. The number of aliphatic carboxylic acids is 2. The third-order valence-electron chi connectivity index (χ3n) is 6.86. The van der Waals surface area contributed by atoms with Gasteiger partial charge in [-0.3, -0.25) is 0 Å². The fraction of sp³-hybridized carbons (Fsp3) is 0.0500. The molecule has 49 heavy (non-hydrogen) atoms. The summed E-state index contributed by atoms with van der Waals surface area (Å²) >= 11 is 0. The van der Waals surface area contributed by atoms with Crippen molar-refractivity contribution in [2.75, 3.05) is 0 Å². The summed E-state index contributed by atoms with van der Waals surface area (Å²) in [7, 11) is -4.55. The summed E-state index contributed by atoms with van der Waals surface area (Å²) in [6.45, 7) is 1.94. The van der Waals surface area contributed by atoms with E-state index in [1.807, 2.05) is 109 Å². The molecule has 6 nitrogen and oxygen atoms in total. The van der Waals surface area contributed by atoms with E-state index in [1.165, 1.54) is 0 Å². The number of hydrogen-bond donors (Lipinski definition) is 2. The Labute approximate surface area is 299 Å². The number of carbonyl (C=O) groups excluding carboxylic acids is 2. The van der Waals surface area contributed by atoms with Crippen LogP contribution in [0.2, 0.25) is 0 Å². The average molecular weight is 736 g/mol. The molecule has 0 atom stereocenters. The van der Waals surface area contributed by atoms with Crippen LogP contribution in [-0.2, 0) is 26.7 Å². The first-order valence-electron chi connectivity index (χ1n) is 15.1. The predicted molar refractivity (Wildman–Crippen MR) is 197 cm³/mol. The molecule has 0 amide bonds. The summed E-state index contributed by atoms with van der Waals surface area (Å²) in [5.74, 6) is -2.17. The molecule has 0 fully saturated rings. The minimum absolute atomic E-state index is 0. The Morgan fingerprint density at radius 2 is 0.469 bits per heavy atom. The van der Waals surface area contributed by atoms with E-state index in [0.29, 0.717) is 0 Å². The molecular formula is C40H38CuN2O4P2. The second-order valence-corrected chi connectivity index (χ2v) is 16.1. The SMILES string of the molecule is CC(=O)[O-].CC(=O)[O-].N=P(c1ccccc1)(c1ccccc1)c1ccccc1.N=P(c1ccccc1)(c1ccccc1)c1ccccc1.[Cu+2]. The fourth-order valence-corrected chi connectivity index (χ4v) is 10.3. The van der Waals surface area contributed by atoms with Crippen LogP contribution in [0.5, 0.6) is 0 Å². The molecule has 0 bridgehead atoms. The zero-order valence-electron chi connectivity index (χ0n) is 27.1. The van der Waals surface area contributed by atoms with Crippen LogP contribution in [0.25, 0.3) is 0 Å². The van der Waals surface area contributed by atoms with E-state index in [4.69, 9.17) is 19.8 Å². The van der Waals surface area contributed by atoms with Crippen LogP contribution in [0.3, 0.4) is 0 Å². The molecule has 0 saturated carbocycles. The Balaban J connectivity index is 0.000000275. The standard InChI is InChI=1S/2C18H16NP.2C2H4O2.Cu/c2*19-20(16-10-4-1-5-11-16,17-12-6-2-7-13-17)18-14-8-3-9-15-18;2*1-2(3)4;/h2*1-15,19H;2*1H3,(H,3,4);/q;;;;+2/p-2. The molecule has 0 spiro atoms. The van der Waals surface area contributed by atoms with Gasteiger partial charge in [0.25, 0.3) is 0 Å². The van der Waals surface area contributed by atoms with E-state index in [-0.39, 0.29) is 17.1 Å². The van der Waals surface area contributed by atoms with Crippen molar-refractivity contribution in [2.24, 2.45) is 0 Å². The van der Waals surface area contributed by atoms with Gasteiger partial charge in [-0.25, -0.2) is 0 Å². The summed E-state index contributed by atoms with van der Waals surface area (Å²) in [6.07, 6.45) is 0. The molecular weight excluding hydrogens is 698 g/mol. The quantitative estimate of drug-likeness (QED) is 0.185. The van der Waals surface area contributed by atoms with Crippen molar-refractivity contribution in [3.05, 3.63) is 182 Å². The molecule has 6 aromatic rings.